The predicted molar refractivity (Wildman–Crippen MR) is 75.4 cm³/mol. The normalized spacial score (nSPS) is 11.2. The molecule has 2 heterocycles. The van der Waals surface area contributed by atoms with Crippen molar-refractivity contribution in [2.45, 2.75) is 46.4 Å². The van der Waals surface area contributed by atoms with E-state index in [1.807, 2.05) is 24.0 Å². The van der Waals surface area contributed by atoms with Gasteiger partial charge in [0, 0.05) is 25.3 Å². The van der Waals surface area contributed by atoms with E-state index in [1.54, 1.807) is 10.9 Å². The van der Waals surface area contributed by atoms with Crippen LogP contribution in [-0.2, 0) is 19.6 Å². The van der Waals surface area contributed by atoms with Gasteiger partial charge >= 0.3 is 0 Å². The van der Waals surface area contributed by atoms with E-state index in [9.17, 15) is 0 Å². The van der Waals surface area contributed by atoms with E-state index in [-0.39, 0.29) is 0 Å². The Bertz CT molecular complexity index is 518. The molecule has 0 aliphatic rings. The number of rotatable bonds is 8. The van der Waals surface area contributed by atoms with Gasteiger partial charge in [-0.2, -0.15) is 5.10 Å². The zero-order valence-corrected chi connectivity index (χ0v) is 12.3. The second-order valence-electron chi connectivity index (χ2n) is 4.89. The average Bonchev–Trinajstić information content (AvgIpc) is 3.05. The molecule has 2 aromatic rings. The molecule has 7 nitrogen and oxygen atoms in total. The van der Waals surface area contributed by atoms with Crippen molar-refractivity contribution in [2.75, 3.05) is 6.61 Å². The summed E-state index contributed by atoms with van der Waals surface area (Å²) >= 11 is 0. The molecule has 0 amide bonds. The third kappa shape index (κ3) is 4.34. The quantitative estimate of drug-likeness (QED) is 0.782. The lowest BCUT2D eigenvalue weighted by molar-refractivity contribution is 0.289. The maximum absolute atomic E-state index is 5.61. The number of aryl methyl sites for hydroxylation is 1. The molecule has 0 atom stereocenters. The molecule has 0 radical (unpaired) electrons. The maximum Gasteiger partial charge on any atom is 0.157 e. The van der Waals surface area contributed by atoms with Gasteiger partial charge < -0.3 is 10.1 Å². The van der Waals surface area contributed by atoms with E-state index in [2.05, 4.69) is 34.6 Å². The first-order chi connectivity index (χ1) is 9.67. The molecular formula is C13H22N6O. The lowest BCUT2D eigenvalue weighted by atomic mass is 10.3. The Morgan fingerprint density at radius 2 is 2.15 bits per heavy atom. The largest absolute Gasteiger partial charge is 0.488 e. The lowest BCUT2D eigenvalue weighted by Crippen LogP contribution is -2.21. The summed E-state index contributed by atoms with van der Waals surface area (Å²) in [6.45, 7) is 9.06. The molecule has 7 heteroatoms. The third-order valence-electron chi connectivity index (χ3n) is 2.80. The smallest absolute Gasteiger partial charge is 0.157 e. The van der Waals surface area contributed by atoms with Crippen LogP contribution in [0.4, 0.5) is 0 Å². The van der Waals surface area contributed by atoms with Crippen molar-refractivity contribution in [3.8, 4) is 5.75 Å². The van der Waals surface area contributed by atoms with E-state index in [1.165, 1.54) is 0 Å². The zero-order chi connectivity index (χ0) is 14.4. The molecule has 0 aliphatic heterocycles. The Labute approximate surface area is 118 Å². The summed E-state index contributed by atoms with van der Waals surface area (Å²) in [4.78, 5) is 0. The summed E-state index contributed by atoms with van der Waals surface area (Å²) in [6.07, 6.45) is 5.55. The van der Waals surface area contributed by atoms with E-state index < -0.39 is 0 Å². The molecule has 0 saturated heterocycles. The van der Waals surface area contributed by atoms with Gasteiger partial charge in [0.25, 0.3) is 0 Å². The average molecular weight is 278 g/mol. The summed E-state index contributed by atoms with van der Waals surface area (Å²) in [5.74, 6) is 0.786. The fourth-order valence-electron chi connectivity index (χ4n) is 1.69. The SMILES string of the molecule is CCn1cc(OCCn2cc(CNC(C)C)nn2)cn1. The Morgan fingerprint density at radius 3 is 2.85 bits per heavy atom. The van der Waals surface area contributed by atoms with Crippen LogP contribution in [-0.4, -0.2) is 37.4 Å². The molecule has 0 unspecified atom stereocenters. The van der Waals surface area contributed by atoms with Crippen LogP contribution >= 0.6 is 0 Å². The fourth-order valence-corrected chi connectivity index (χ4v) is 1.69. The van der Waals surface area contributed by atoms with Gasteiger partial charge in [0.15, 0.2) is 5.75 Å². The number of nitrogens with zero attached hydrogens (tertiary/aromatic N) is 5. The van der Waals surface area contributed by atoms with Crippen LogP contribution in [0.3, 0.4) is 0 Å². The minimum Gasteiger partial charge on any atom is -0.488 e. The van der Waals surface area contributed by atoms with Gasteiger partial charge in [0.1, 0.15) is 6.61 Å². The van der Waals surface area contributed by atoms with Crippen molar-refractivity contribution in [2.24, 2.45) is 0 Å². The summed E-state index contributed by atoms with van der Waals surface area (Å²) in [5.41, 5.74) is 0.942. The van der Waals surface area contributed by atoms with Gasteiger partial charge in [-0.3, -0.25) is 4.68 Å². The monoisotopic (exact) mass is 278 g/mol. The zero-order valence-electron chi connectivity index (χ0n) is 12.3. The lowest BCUT2D eigenvalue weighted by Gasteiger charge is -2.04. The summed E-state index contributed by atoms with van der Waals surface area (Å²) in [7, 11) is 0. The number of aromatic nitrogens is 5. The fraction of sp³-hybridized carbons (Fsp3) is 0.615. The van der Waals surface area contributed by atoms with Crippen LogP contribution in [0.1, 0.15) is 26.5 Å². The first-order valence-electron chi connectivity index (χ1n) is 6.95. The molecule has 0 aliphatic carbocycles. The van der Waals surface area contributed by atoms with Gasteiger partial charge in [0.2, 0.25) is 0 Å². The molecular weight excluding hydrogens is 256 g/mol. The third-order valence-corrected chi connectivity index (χ3v) is 2.80. The number of ether oxygens (including phenoxy) is 1. The minimum absolute atomic E-state index is 0.443. The number of hydrogen-bond acceptors (Lipinski definition) is 5. The second-order valence-corrected chi connectivity index (χ2v) is 4.89. The van der Waals surface area contributed by atoms with Crippen molar-refractivity contribution >= 4 is 0 Å². The summed E-state index contributed by atoms with van der Waals surface area (Å²) in [5, 5.41) is 15.6. The van der Waals surface area contributed by atoms with Crippen LogP contribution in [0.2, 0.25) is 0 Å². The Hall–Kier alpha value is -1.89. The molecule has 0 saturated carbocycles. The Balaban J connectivity index is 1.73. The van der Waals surface area contributed by atoms with Gasteiger partial charge in [0.05, 0.1) is 24.6 Å². The second kappa shape index (κ2) is 7.04. The van der Waals surface area contributed by atoms with Crippen molar-refractivity contribution in [1.82, 2.24) is 30.1 Å². The standard InChI is InChI=1S/C13H22N6O/c1-4-18-10-13(8-15-18)20-6-5-19-9-12(16-17-19)7-14-11(2)3/h8-11,14H,4-7H2,1-3H3. The van der Waals surface area contributed by atoms with Gasteiger partial charge in [-0.05, 0) is 6.92 Å². The van der Waals surface area contributed by atoms with Crippen LogP contribution in [0.15, 0.2) is 18.6 Å². The van der Waals surface area contributed by atoms with Crippen LogP contribution < -0.4 is 10.1 Å². The molecule has 1 N–H and O–H groups in total. The number of nitrogens with one attached hydrogen (secondary N) is 1. The summed E-state index contributed by atoms with van der Waals surface area (Å²) in [6, 6.07) is 0.443. The van der Waals surface area contributed by atoms with Crippen molar-refractivity contribution in [3.05, 3.63) is 24.3 Å². The van der Waals surface area contributed by atoms with Gasteiger partial charge in [-0.15, -0.1) is 5.10 Å². The van der Waals surface area contributed by atoms with E-state index in [0.29, 0.717) is 19.2 Å². The van der Waals surface area contributed by atoms with Crippen molar-refractivity contribution < 1.29 is 4.74 Å². The predicted octanol–water partition coefficient (Wildman–Crippen LogP) is 1.07. The highest BCUT2D eigenvalue weighted by atomic mass is 16.5. The first-order valence-corrected chi connectivity index (χ1v) is 6.95. The number of hydrogen-bond donors (Lipinski definition) is 1. The summed E-state index contributed by atoms with van der Waals surface area (Å²) < 4.78 is 9.24. The van der Waals surface area contributed by atoms with Gasteiger partial charge in [-0.25, -0.2) is 4.68 Å². The van der Waals surface area contributed by atoms with E-state index in [0.717, 1.165) is 24.5 Å². The highest BCUT2D eigenvalue weighted by Crippen LogP contribution is 2.07. The molecule has 2 aromatic heterocycles. The highest BCUT2D eigenvalue weighted by Gasteiger charge is 2.02. The van der Waals surface area contributed by atoms with Crippen molar-refractivity contribution in [1.29, 1.82) is 0 Å². The maximum atomic E-state index is 5.61. The molecule has 2 rings (SSSR count). The van der Waals surface area contributed by atoms with E-state index >= 15 is 0 Å². The van der Waals surface area contributed by atoms with Crippen LogP contribution in [0.25, 0.3) is 0 Å². The van der Waals surface area contributed by atoms with E-state index in [4.69, 9.17) is 4.74 Å². The molecule has 110 valence electrons. The molecule has 20 heavy (non-hydrogen) atoms. The molecule has 0 bridgehead atoms. The first kappa shape index (κ1) is 14.5. The molecule has 0 aromatic carbocycles. The van der Waals surface area contributed by atoms with Crippen molar-refractivity contribution in [3.63, 3.8) is 0 Å². The van der Waals surface area contributed by atoms with Crippen LogP contribution in [0.5, 0.6) is 5.75 Å². The highest BCUT2D eigenvalue weighted by molar-refractivity contribution is 5.11. The minimum atomic E-state index is 0.443. The Morgan fingerprint density at radius 1 is 1.30 bits per heavy atom. The molecule has 0 spiro atoms. The van der Waals surface area contributed by atoms with Gasteiger partial charge in [-0.1, -0.05) is 19.1 Å². The Kier molecular flexibility index (Phi) is 5.11. The van der Waals surface area contributed by atoms with Crippen LogP contribution in [0, 0.1) is 0 Å². The molecule has 0 fully saturated rings. The topological polar surface area (TPSA) is 69.8 Å².